The quantitative estimate of drug-likeness (QED) is 0.436. The van der Waals surface area contributed by atoms with E-state index in [1.165, 1.54) is 5.56 Å². The minimum absolute atomic E-state index is 0.233. The maximum absolute atomic E-state index is 5.64. The molecule has 0 aliphatic carbocycles. The van der Waals surface area contributed by atoms with E-state index < -0.39 is 0 Å². The minimum Gasteiger partial charge on any atom is -0.375 e. The Morgan fingerprint density at radius 3 is 2.14 bits per heavy atom. The third kappa shape index (κ3) is 6.24. The number of rotatable bonds is 8. The molecule has 0 spiro atoms. The first-order valence-corrected chi connectivity index (χ1v) is 9.51. The number of nitrogens with two attached hydrogens (primary N) is 1. The zero-order valence-corrected chi connectivity index (χ0v) is 17.0. The van der Waals surface area contributed by atoms with Crippen LogP contribution in [-0.2, 0) is 0 Å². The lowest BCUT2D eigenvalue weighted by atomic mass is 10.2. The van der Waals surface area contributed by atoms with Crippen molar-refractivity contribution in [2.45, 2.75) is 20.3 Å². The summed E-state index contributed by atoms with van der Waals surface area (Å²) >= 11 is 0. The third-order valence-electron chi connectivity index (χ3n) is 4.32. The van der Waals surface area contributed by atoms with Crippen molar-refractivity contribution in [2.24, 2.45) is 10.2 Å². The van der Waals surface area contributed by atoms with Crippen LogP contribution in [0.2, 0.25) is 0 Å². The van der Waals surface area contributed by atoms with Gasteiger partial charge in [0.15, 0.2) is 0 Å². The number of hydrogen-bond donors (Lipinski definition) is 2. The van der Waals surface area contributed by atoms with E-state index in [4.69, 9.17) is 5.73 Å². The number of aryl methyl sites for hydroxylation is 2. The van der Waals surface area contributed by atoms with Crippen molar-refractivity contribution >= 4 is 29.0 Å². The van der Waals surface area contributed by atoms with Crippen molar-refractivity contribution in [3.63, 3.8) is 0 Å². The van der Waals surface area contributed by atoms with Gasteiger partial charge in [-0.15, -0.1) is 0 Å². The Kier molecular flexibility index (Phi) is 6.67. The lowest BCUT2D eigenvalue weighted by molar-refractivity contribution is 0.808. The van der Waals surface area contributed by atoms with Crippen molar-refractivity contribution in [1.29, 1.82) is 0 Å². The third-order valence-corrected chi connectivity index (χ3v) is 4.32. The molecule has 1 aromatic heterocycles. The number of benzene rings is 2. The summed E-state index contributed by atoms with van der Waals surface area (Å²) in [5, 5.41) is 11.8. The first-order chi connectivity index (χ1) is 14.0. The Balaban J connectivity index is 1.47. The van der Waals surface area contributed by atoms with Crippen LogP contribution in [0, 0.1) is 13.8 Å². The molecule has 150 valence electrons. The summed E-state index contributed by atoms with van der Waals surface area (Å²) in [5.74, 6) is 1.36. The Morgan fingerprint density at radius 2 is 1.52 bits per heavy atom. The lowest BCUT2D eigenvalue weighted by Gasteiger charge is -2.19. The maximum atomic E-state index is 5.64. The van der Waals surface area contributed by atoms with E-state index in [0.717, 1.165) is 36.6 Å². The summed E-state index contributed by atoms with van der Waals surface area (Å²) in [6.45, 7) is 5.48. The zero-order valence-electron chi connectivity index (χ0n) is 17.0. The van der Waals surface area contributed by atoms with E-state index in [-0.39, 0.29) is 5.95 Å². The normalized spacial score (nSPS) is 11.0. The Bertz CT molecular complexity index is 931. The fourth-order valence-electron chi connectivity index (χ4n) is 2.73. The predicted octanol–water partition coefficient (Wildman–Crippen LogP) is 4.42. The molecule has 0 fully saturated rings. The van der Waals surface area contributed by atoms with Gasteiger partial charge in [-0.1, -0.05) is 17.7 Å². The van der Waals surface area contributed by atoms with Crippen molar-refractivity contribution in [1.82, 2.24) is 15.0 Å². The molecule has 0 saturated carbocycles. The monoisotopic (exact) mass is 390 g/mol. The fraction of sp³-hybridized carbons (Fsp3) is 0.286. The largest absolute Gasteiger partial charge is 0.375 e. The number of anilines is 3. The number of nitrogens with one attached hydrogen (secondary N) is 1. The van der Waals surface area contributed by atoms with Crippen LogP contribution in [0.25, 0.3) is 0 Å². The van der Waals surface area contributed by atoms with Crippen molar-refractivity contribution in [2.75, 3.05) is 36.1 Å². The Morgan fingerprint density at radius 1 is 0.897 bits per heavy atom. The van der Waals surface area contributed by atoms with Crippen LogP contribution >= 0.6 is 0 Å². The highest BCUT2D eigenvalue weighted by Crippen LogP contribution is 2.22. The highest BCUT2D eigenvalue weighted by atomic mass is 15.2. The SMILES string of the molecule is Cc1ccc(N=Nc2ccc(N(C)CCCNc3nc(C)nc(N)n3)cc2)cc1. The molecular formula is C21H26N8. The van der Waals surface area contributed by atoms with Gasteiger partial charge in [0.1, 0.15) is 5.82 Å². The van der Waals surface area contributed by atoms with E-state index in [0.29, 0.717) is 11.8 Å². The zero-order chi connectivity index (χ0) is 20.6. The van der Waals surface area contributed by atoms with E-state index >= 15 is 0 Å². The van der Waals surface area contributed by atoms with Crippen LogP contribution < -0.4 is 16.0 Å². The molecule has 29 heavy (non-hydrogen) atoms. The molecule has 0 saturated heterocycles. The molecule has 0 radical (unpaired) electrons. The second kappa shape index (κ2) is 9.59. The maximum Gasteiger partial charge on any atom is 0.227 e. The van der Waals surface area contributed by atoms with E-state index in [1.807, 2.05) is 48.5 Å². The second-order valence-electron chi connectivity index (χ2n) is 6.82. The van der Waals surface area contributed by atoms with Crippen LogP contribution in [0.5, 0.6) is 0 Å². The molecule has 0 aliphatic heterocycles. The van der Waals surface area contributed by atoms with E-state index in [9.17, 15) is 0 Å². The molecule has 0 aliphatic rings. The summed E-state index contributed by atoms with van der Waals surface area (Å²) in [6, 6.07) is 16.0. The Labute approximate surface area is 170 Å². The molecule has 3 rings (SSSR count). The van der Waals surface area contributed by atoms with Crippen molar-refractivity contribution in [3.8, 4) is 0 Å². The number of nitrogens with zero attached hydrogens (tertiary/aromatic N) is 6. The van der Waals surface area contributed by atoms with Gasteiger partial charge in [-0.3, -0.25) is 0 Å². The van der Waals surface area contributed by atoms with Crippen molar-refractivity contribution < 1.29 is 0 Å². The van der Waals surface area contributed by atoms with Gasteiger partial charge in [-0.2, -0.15) is 25.2 Å². The van der Waals surface area contributed by atoms with Gasteiger partial charge >= 0.3 is 0 Å². The molecule has 8 nitrogen and oxygen atoms in total. The van der Waals surface area contributed by atoms with Crippen LogP contribution in [0.1, 0.15) is 17.8 Å². The van der Waals surface area contributed by atoms with Gasteiger partial charge in [0.2, 0.25) is 11.9 Å². The molecule has 0 amide bonds. The summed E-state index contributed by atoms with van der Waals surface area (Å²) in [5.41, 5.74) is 9.64. The standard InChI is InChI=1S/C21H26N8/c1-15-5-7-17(8-6-15)27-28-18-9-11-19(12-10-18)29(3)14-4-13-23-21-25-16(2)24-20(22)26-21/h5-12H,4,13-14H2,1-3H3,(H3,22,23,24,25,26). The van der Waals surface area contributed by atoms with E-state index in [1.54, 1.807) is 6.92 Å². The average molecular weight is 390 g/mol. The molecule has 0 unspecified atom stereocenters. The fourth-order valence-corrected chi connectivity index (χ4v) is 2.73. The first-order valence-electron chi connectivity index (χ1n) is 9.51. The summed E-state index contributed by atoms with van der Waals surface area (Å²) in [6.07, 6.45) is 0.927. The molecular weight excluding hydrogens is 364 g/mol. The van der Waals surface area contributed by atoms with Gasteiger partial charge in [0.05, 0.1) is 11.4 Å². The molecule has 3 N–H and O–H groups in total. The van der Waals surface area contributed by atoms with Gasteiger partial charge in [-0.05, 0) is 56.7 Å². The van der Waals surface area contributed by atoms with Gasteiger partial charge in [-0.25, -0.2) is 0 Å². The number of aromatic nitrogens is 3. The highest BCUT2D eigenvalue weighted by Gasteiger charge is 2.03. The molecule has 8 heteroatoms. The number of hydrogen-bond acceptors (Lipinski definition) is 8. The number of nitrogen functional groups attached to an aromatic ring is 1. The predicted molar refractivity (Wildman–Crippen MR) is 117 cm³/mol. The molecule has 2 aromatic carbocycles. The van der Waals surface area contributed by atoms with E-state index in [2.05, 4.69) is 49.4 Å². The summed E-state index contributed by atoms with van der Waals surface area (Å²) in [4.78, 5) is 14.4. The molecule has 0 atom stereocenters. The molecule has 3 aromatic rings. The molecule has 1 heterocycles. The first kappa shape index (κ1) is 20.2. The topological polar surface area (TPSA) is 105 Å². The average Bonchev–Trinajstić information content (AvgIpc) is 2.70. The minimum atomic E-state index is 0.233. The highest BCUT2D eigenvalue weighted by molar-refractivity contribution is 5.52. The van der Waals surface area contributed by atoms with Crippen LogP contribution in [-0.4, -0.2) is 35.1 Å². The molecule has 0 bridgehead atoms. The van der Waals surface area contributed by atoms with Crippen molar-refractivity contribution in [3.05, 3.63) is 59.9 Å². The summed E-state index contributed by atoms with van der Waals surface area (Å²) in [7, 11) is 2.06. The number of azo groups is 1. The van der Waals surface area contributed by atoms with Gasteiger partial charge in [0.25, 0.3) is 0 Å². The van der Waals surface area contributed by atoms with Gasteiger partial charge < -0.3 is 16.0 Å². The Hall–Kier alpha value is -3.55. The van der Waals surface area contributed by atoms with Gasteiger partial charge in [0, 0.05) is 25.8 Å². The second-order valence-corrected chi connectivity index (χ2v) is 6.82. The van der Waals surface area contributed by atoms with Crippen LogP contribution in [0.15, 0.2) is 58.8 Å². The lowest BCUT2D eigenvalue weighted by Crippen LogP contribution is -2.21. The summed E-state index contributed by atoms with van der Waals surface area (Å²) < 4.78 is 0. The van der Waals surface area contributed by atoms with Crippen LogP contribution in [0.4, 0.5) is 29.0 Å². The smallest absolute Gasteiger partial charge is 0.227 e. The van der Waals surface area contributed by atoms with Crippen LogP contribution in [0.3, 0.4) is 0 Å².